The summed E-state index contributed by atoms with van der Waals surface area (Å²) < 4.78 is 5.02. The van der Waals surface area contributed by atoms with Crippen molar-refractivity contribution in [3.8, 4) is 0 Å². The third-order valence-electron chi connectivity index (χ3n) is 3.21. The zero-order valence-corrected chi connectivity index (χ0v) is 9.74. The van der Waals surface area contributed by atoms with Gasteiger partial charge in [0.1, 0.15) is 0 Å². The molecule has 0 heterocycles. The number of rotatable bonds is 3. The van der Waals surface area contributed by atoms with Gasteiger partial charge in [0, 0.05) is 0 Å². The number of aryl methyl sites for hydroxylation is 1. The highest BCUT2D eigenvalue weighted by molar-refractivity contribution is 5.70. The fourth-order valence-electron chi connectivity index (χ4n) is 2.49. The van der Waals surface area contributed by atoms with Crippen molar-refractivity contribution in [2.45, 2.75) is 38.5 Å². The number of carbonyl (C=O) groups excluding carboxylic acids is 1. The number of hydrogen-bond acceptors (Lipinski definition) is 2. The number of hydrogen-bond donors (Lipinski definition) is 0. The molecule has 2 rings (SSSR count). The molecule has 2 nitrogen and oxygen atoms in total. The Morgan fingerprint density at radius 1 is 1.44 bits per heavy atom. The zero-order valence-electron chi connectivity index (χ0n) is 9.74. The minimum Gasteiger partial charge on any atom is -0.466 e. The predicted octanol–water partition coefficient (Wildman–Crippen LogP) is 3.06. The average molecular weight is 218 g/mol. The lowest BCUT2D eigenvalue weighted by Crippen LogP contribution is -2.15. The monoisotopic (exact) mass is 218 g/mol. The molecular formula is C14H18O2. The Kier molecular flexibility index (Phi) is 3.60. The summed E-state index contributed by atoms with van der Waals surface area (Å²) in [5, 5.41) is 0. The van der Waals surface area contributed by atoms with Gasteiger partial charge >= 0.3 is 5.97 Å². The van der Waals surface area contributed by atoms with Gasteiger partial charge in [-0.25, -0.2) is 0 Å². The molecule has 1 aliphatic carbocycles. The minimum atomic E-state index is -0.0656. The van der Waals surface area contributed by atoms with Crippen molar-refractivity contribution in [2.75, 3.05) is 6.61 Å². The molecular weight excluding hydrogens is 200 g/mol. The fourth-order valence-corrected chi connectivity index (χ4v) is 2.49. The molecule has 0 amide bonds. The van der Waals surface area contributed by atoms with E-state index in [-0.39, 0.29) is 5.97 Å². The Hall–Kier alpha value is -1.31. The summed E-state index contributed by atoms with van der Waals surface area (Å²) in [6.07, 6.45) is 3.97. The van der Waals surface area contributed by atoms with Gasteiger partial charge < -0.3 is 4.74 Å². The topological polar surface area (TPSA) is 26.3 Å². The first-order chi connectivity index (χ1) is 7.81. The summed E-state index contributed by atoms with van der Waals surface area (Å²) in [5.41, 5.74) is 2.75. The number of esters is 1. The van der Waals surface area contributed by atoms with Gasteiger partial charge in [0.2, 0.25) is 0 Å². The smallest absolute Gasteiger partial charge is 0.306 e. The van der Waals surface area contributed by atoms with E-state index in [9.17, 15) is 4.79 Å². The van der Waals surface area contributed by atoms with Crippen molar-refractivity contribution in [3.63, 3.8) is 0 Å². The van der Waals surface area contributed by atoms with Crippen LogP contribution in [0.25, 0.3) is 0 Å². The lowest BCUT2D eigenvalue weighted by Gasteiger charge is -2.24. The summed E-state index contributed by atoms with van der Waals surface area (Å²) in [6.45, 7) is 2.33. The van der Waals surface area contributed by atoms with Crippen LogP contribution in [0.3, 0.4) is 0 Å². The molecule has 1 aromatic carbocycles. The first-order valence-electron chi connectivity index (χ1n) is 6.04. The Morgan fingerprint density at radius 3 is 3.06 bits per heavy atom. The van der Waals surface area contributed by atoms with Gasteiger partial charge in [0.05, 0.1) is 13.0 Å². The van der Waals surface area contributed by atoms with Crippen molar-refractivity contribution < 1.29 is 9.53 Å². The molecule has 1 aliphatic rings. The molecule has 0 N–H and O–H groups in total. The summed E-state index contributed by atoms with van der Waals surface area (Å²) in [5.74, 6) is 0.299. The van der Waals surface area contributed by atoms with Gasteiger partial charge in [0.25, 0.3) is 0 Å². The van der Waals surface area contributed by atoms with Gasteiger partial charge in [0.15, 0.2) is 0 Å². The van der Waals surface area contributed by atoms with Crippen LogP contribution in [0.1, 0.15) is 43.2 Å². The molecule has 16 heavy (non-hydrogen) atoms. The summed E-state index contributed by atoms with van der Waals surface area (Å²) in [7, 11) is 0. The Labute approximate surface area is 96.6 Å². The lowest BCUT2D eigenvalue weighted by molar-refractivity contribution is -0.143. The molecule has 0 unspecified atom stereocenters. The molecule has 2 heteroatoms. The molecule has 0 radical (unpaired) electrons. The normalized spacial score (nSPS) is 18.9. The maximum atomic E-state index is 11.5. The molecule has 0 saturated heterocycles. The van der Waals surface area contributed by atoms with Crippen LogP contribution < -0.4 is 0 Å². The van der Waals surface area contributed by atoms with E-state index in [0.717, 1.165) is 12.8 Å². The predicted molar refractivity (Wildman–Crippen MR) is 63.4 cm³/mol. The van der Waals surface area contributed by atoms with Gasteiger partial charge in [-0.05, 0) is 43.2 Å². The van der Waals surface area contributed by atoms with Crippen LogP contribution in [0.2, 0.25) is 0 Å². The van der Waals surface area contributed by atoms with E-state index in [1.165, 1.54) is 17.5 Å². The van der Waals surface area contributed by atoms with E-state index in [4.69, 9.17) is 4.74 Å². The third-order valence-corrected chi connectivity index (χ3v) is 3.21. The minimum absolute atomic E-state index is 0.0656. The van der Waals surface area contributed by atoms with E-state index in [0.29, 0.717) is 18.9 Å². The van der Waals surface area contributed by atoms with Crippen LogP contribution in [-0.2, 0) is 16.0 Å². The SMILES string of the molecule is CCOC(=O)C[C@@H]1CCCc2ccccc21. The van der Waals surface area contributed by atoms with Gasteiger partial charge in [-0.3, -0.25) is 4.79 Å². The molecule has 0 fully saturated rings. The van der Waals surface area contributed by atoms with Crippen LogP contribution in [-0.4, -0.2) is 12.6 Å². The van der Waals surface area contributed by atoms with Crippen LogP contribution in [0.4, 0.5) is 0 Å². The van der Waals surface area contributed by atoms with E-state index < -0.39 is 0 Å². The van der Waals surface area contributed by atoms with Gasteiger partial charge in [-0.15, -0.1) is 0 Å². The van der Waals surface area contributed by atoms with Gasteiger partial charge in [-0.1, -0.05) is 24.3 Å². The molecule has 0 aliphatic heterocycles. The highest BCUT2D eigenvalue weighted by Gasteiger charge is 2.22. The summed E-state index contributed by atoms with van der Waals surface area (Å²) in [4.78, 5) is 11.5. The van der Waals surface area contributed by atoms with Crippen LogP contribution in [0, 0.1) is 0 Å². The lowest BCUT2D eigenvalue weighted by atomic mass is 9.81. The Balaban J connectivity index is 2.10. The number of benzene rings is 1. The molecule has 0 spiro atoms. The highest BCUT2D eigenvalue weighted by Crippen LogP contribution is 2.33. The van der Waals surface area contributed by atoms with E-state index >= 15 is 0 Å². The van der Waals surface area contributed by atoms with Crippen molar-refractivity contribution in [3.05, 3.63) is 35.4 Å². The molecule has 0 saturated carbocycles. The van der Waals surface area contributed by atoms with Gasteiger partial charge in [-0.2, -0.15) is 0 Å². The zero-order chi connectivity index (χ0) is 11.4. The van der Waals surface area contributed by atoms with Crippen molar-refractivity contribution >= 4 is 5.97 Å². The van der Waals surface area contributed by atoms with Crippen LogP contribution >= 0.6 is 0 Å². The van der Waals surface area contributed by atoms with Crippen LogP contribution in [0.5, 0.6) is 0 Å². The largest absolute Gasteiger partial charge is 0.466 e. The Bertz CT molecular complexity index is 371. The average Bonchev–Trinajstić information content (AvgIpc) is 2.30. The van der Waals surface area contributed by atoms with E-state index in [1.807, 2.05) is 6.92 Å². The molecule has 86 valence electrons. The number of ether oxygens (including phenoxy) is 1. The second-order valence-corrected chi connectivity index (χ2v) is 4.30. The highest BCUT2D eigenvalue weighted by atomic mass is 16.5. The van der Waals surface area contributed by atoms with Crippen LogP contribution in [0.15, 0.2) is 24.3 Å². The van der Waals surface area contributed by atoms with E-state index in [1.54, 1.807) is 0 Å². The first-order valence-corrected chi connectivity index (χ1v) is 6.04. The third kappa shape index (κ3) is 2.43. The summed E-state index contributed by atoms with van der Waals surface area (Å²) >= 11 is 0. The standard InChI is InChI=1S/C14H18O2/c1-2-16-14(15)10-12-8-5-7-11-6-3-4-9-13(11)12/h3-4,6,9,12H,2,5,7-8,10H2,1H3/t12-/m0/s1. The van der Waals surface area contributed by atoms with Crippen molar-refractivity contribution in [1.29, 1.82) is 0 Å². The van der Waals surface area contributed by atoms with Crippen molar-refractivity contribution in [1.82, 2.24) is 0 Å². The molecule has 1 atom stereocenters. The molecule has 1 aromatic rings. The fraction of sp³-hybridized carbons (Fsp3) is 0.500. The van der Waals surface area contributed by atoms with E-state index in [2.05, 4.69) is 24.3 Å². The molecule has 0 aromatic heterocycles. The second kappa shape index (κ2) is 5.15. The second-order valence-electron chi connectivity index (χ2n) is 4.30. The number of carbonyl (C=O) groups is 1. The first kappa shape index (κ1) is 11.2. The Morgan fingerprint density at radius 2 is 2.25 bits per heavy atom. The molecule has 0 bridgehead atoms. The number of fused-ring (bicyclic) bond motifs is 1. The summed E-state index contributed by atoms with van der Waals surface area (Å²) in [6, 6.07) is 8.46. The maximum Gasteiger partial charge on any atom is 0.306 e. The quantitative estimate of drug-likeness (QED) is 0.729. The maximum absolute atomic E-state index is 11.5. The van der Waals surface area contributed by atoms with Crippen molar-refractivity contribution in [2.24, 2.45) is 0 Å².